The van der Waals surface area contributed by atoms with Crippen molar-refractivity contribution >= 4 is 47.5 Å². The highest BCUT2D eigenvalue weighted by Gasteiger charge is 2.37. The van der Waals surface area contributed by atoms with Crippen molar-refractivity contribution in [1.82, 2.24) is 14.9 Å². The summed E-state index contributed by atoms with van der Waals surface area (Å²) in [6, 6.07) is 8.64. The number of aromatic nitrogens is 2. The molecule has 0 bridgehead atoms. The van der Waals surface area contributed by atoms with Gasteiger partial charge in [0.2, 0.25) is 0 Å². The number of carbonyl (C=O) groups is 1. The van der Waals surface area contributed by atoms with E-state index in [4.69, 9.17) is 16.0 Å². The van der Waals surface area contributed by atoms with Crippen LogP contribution in [0.15, 0.2) is 47.4 Å². The van der Waals surface area contributed by atoms with E-state index in [9.17, 15) is 18.4 Å². The van der Waals surface area contributed by atoms with Crippen LogP contribution in [0.5, 0.6) is 0 Å². The fourth-order valence-electron chi connectivity index (χ4n) is 4.43. The van der Waals surface area contributed by atoms with E-state index in [-0.39, 0.29) is 27.4 Å². The van der Waals surface area contributed by atoms with Gasteiger partial charge in [-0.3, -0.25) is 9.59 Å². The number of amides is 1. The number of nitrogens with zero attached hydrogens (tertiary/aromatic N) is 1. The monoisotopic (exact) mass is 573 g/mol. The van der Waals surface area contributed by atoms with Crippen LogP contribution in [0.3, 0.4) is 0 Å². The molecule has 0 unspecified atom stereocenters. The first kappa shape index (κ1) is 29.0. The van der Waals surface area contributed by atoms with E-state index in [0.29, 0.717) is 30.2 Å². The molecule has 2 aromatic carbocycles. The van der Waals surface area contributed by atoms with Crippen molar-refractivity contribution < 1.29 is 18.0 Å². The standard InChI is InChI=1S/C29H34ClF2N3O3Si/c1-17(21-16-33-27(36)20-15-23(32)22(31)14-19(20)21)35(12-9-13-38-39(5,6)29(2,3)4)28(37)26-25(30)18-10-7-8-11-24(18)34-26/h7-8,10-11,14-17,34H,9,12-13H2,1-6H3,(H,33,36)/t17-/m1/s1. The Labute approximate surface area is 232 Å². The molecule has 0 saturated heterocycles. The third-order valence-electron chi connectivity index (χ3n) is 7.82. The van der Waals surface area contributed by atoms with Gasteiger partial charge >= 0.3 is 0 Å². The van der Waals surface area contributed by atoms with Crippen molar-refractivity contribution in [1.29, 1.82) is 0 Å². The summed E-state index contributed by atoms with van der Waals surface area (Å²) in [4.78, 5) is 33.8. The topological polar surface area (TPSA) is 78.2 Å². The highest BCUT2D eigenvalue weighted by molar-refractivity contribution is 6.74. The Bertz CT molecular complexity index is 1590. The van der Waals surface area contributed by atoms with Crippen LogP contribution >= 0.6 is 11.6 Å². The molecule has 0 aliphatic heterocycles. The number of para-hydroxylation sites is 1. The van der Waals surface area contributed by atoms with E-state index in [1.165, 1.54) is 6.20 Å². The van der Waals surface area contributed by atoms with E-state index in [1.807, 2.05) is 24.3 Å². The molecule has 1 atom stereocenters. The lowest BCUT2D eigenvalue weighted by Crippen LogP contribution is -2.42. The smallest absolute Gasteiger partial charge is 0.272 e. The summed E-state index contributed by atoms with van der Waals surface area (Å²) in [6.45, 7) is 13.4. The van der Waals surface area contributed by atoms with Gasteiger partial charge in [0.15, 0.2) is 20.0 Å². The maximum atomic E-state index is 14.3. The third kappa shape index (κ3) is 5.66. The predicted molar refractivity (Wildman–Crippen MR) is 155 cm³/mol. The van der Waals surface area contributed by atoms with E-state index < -0.39 is 31.6 Å². The average molecular weight is 574 g/mol. The molecule has 10 heteroatoms. The molecule has 0 fully saturated rings. The lowest BCUT2D eigenvalue weighted by Gasteiger charge is -2.36. The number of aromatic amines is 2. The first-order valence-electron chi connectivity index (χ1n) is 12.9. The molecular formula is C29H34ClF2N3O3Si. The van der Waals surface area contributed by atoms with Gasteiger partial charge in [0.25, 0.3) is 11.5 Å². The second-order valence-electron chi connectivity index (χ2n) is 11.4. The summed E-state index contributed by atoms with van der Waals surface area (Å²) in [5.74, 6) is -2.53. The number of hydrogen-bond donors (Lipinski definition) is 2. The largest absolute Gasteiger partial charge is 0.417 e. The van der Waals surface area contributed by atoms with E-state index >= 15 is 0 Å². The molecule has 0 spiro atoms. The van der Waals surface area contributed by atoms with Crippen molar-refractivity contribution in [3.8, 4) is 0 Å². The maximum absolute atomic E-state index is 14.3. The van der Waals surface area contributed by atoms with Gasteiger partial charge in [0.1, 0.15) is 5.69 Å². The van der Waals surface area contributed by atoms with Gasteiger partial charge < -0.3 is 19.3 Å². The van der Waals surface area contributed by atoms with Gasteiger partial charge in [-0.2, -0.15) is 0 Å². The van der Waals surface area contributed by atoms with Gasteiger partial charge in [-0.25, -0.2) is 8.78 Å². The van der Waals surface area contributed by atoms with Crippen LogP contribution in [0.25, 0.3) is 21.7 Å². The normalized spacial score (nSPS) is 13.3. The Morgan fingerprint density at radius 2 is 1.74 bits per heavy atom. The minimum Gasteiger partial charge on any atom is -0.417 e. The summed E-state index contributed by atoms with van der Waals surface area (Å²) < 4.78 is 34.6. The summed E-state index contributed by atoms with van der Waals surface area (Å²) >= 11 is 6.64. The predicted octanol–water partition coefficient (Wildman–Crippen LogP) is 7.56. The molecule has 1 amide bonds. The molecule has 2 N–H and O–H groups in total. The number of fused-ring (bicyclic) bond motifs is 2. The van der Waals surface area contributed by atoms with Crippen molar-refractivity contribution in [3.63, 3.8) is 0 Å². The molecule has 4 aromatic rings. The minimum absolute atomic E-state index is 0.00977. The number of H-pyrrole nitrogens is 2. The Hall–Kier alpha value is -3.01. The van der Waals surface area contributed by atoms with Crippen LogP contribution < -0.4 is 5.56 Å². The van der Waals surface area contributed by atoms with Crippen molar-refractivity contribution in [3.05, 3.63) is 80.9 Å². The van der Waals surface area contributed by atoms with Crippen LogP contribution in [0.1, 0.15) is 56.2 Å². The molecule has 208 valence electrons. The van der Waals surface area contributed by atoms with Gasteiger partial charge in [0.05, 0.1) is 16.5 Å². The molecule has 0 aliphatic carbocycles. The molecule has 6 nitrogen and oxygen atoms in total. The first-order valence-corrected chi connectivity index (χ1v) is 16.2. The molecule has 0 aliphatic rings. The van der Waals surface area contributed by atoms with Crippen molar-refractivity contribution in [2.75, 3.05) is 13.2 Å². The molecule has 39 heavy (non-hydrogen) atoms. The second-order valence-corrected chi connectivity index (χ2v) is 16.6. The molecular weight excluding hydrogens is 540 g/mol. The molecule has 2 heterocycles. The Morgan fingerprint density at radius 3 is 2.38 bits per heavy atom. The number of rotatable bonds is 8. The minimum atomic E-state index is -1.99. The van der Waals surface area contributed by atoms with Gasteiger partial charge in [-0.05, 0) is 60.6 Å². The van der Waals surface area contributed by atoms with Crippen molar-refractivity contribution in [2.24, 2.45) is 0 Å². The number of benzene rings is 2. The number of halogens is 3. The number of nitrogens with one attached hydrogen (secondary N) is 2. The SMILES string of the molecule is C[C@H](c1c[nH]c(=O)c2cc(F)c(F)cc12)N(CCCO[Si](C)(C)C(C)(C)C)C(=O)c1[nH]c2ccccc2c1Cl. The number of pyridine rings is 1. The highest BCUT2D eigenvalue weighted by atomic mass is 35.5. The Balaban J connectivity index is 1.72. The molecule has 0 saturated carbocycles. The van der Waals surface area contributed by atoms with Crippen LogP contribution in [-0.2, 0) is 4.43 Å². The van der Waals surface area contributed by atoms with Crippen LogP contribution in [0.2, 0.25) is 23.2 Å². The van der Waals surface area contributed by atoms with Crippen LogP contribution in [-0.4, -0.2) is 42.2 Å². The van der Waals surface area contributed by atoms with Crippen LogP contribution in [0.4, 0.5) is 8.78 Å². The Morgan fingerprint density at radius 1 is 1.10 bits per heavy atom. The summed E-state index contributed by atoms with van der Waals surface area (Å²) in [7, 11) is -1.99. The van der Waals surface area contributed by atoms with E-state index in [2.05, 4.69) is 43.8 Å². The zero-order valence-electron chi connectivity index (χ0n) is 23.0. The van der Waals surface area contributed by atoms with E-state index in [1.54, 1.807) is 11.8 Å². The van der Waals surface area contributed by atoms with E-state index in [0.717, 1.165) is 23.0 Å². The number of carbonyl (C=O) groups excluding carboxylic acids is 1. The average Bonchev–Trinajstić information content (AvgIpc) is 3.20. The van der Waals surface area contributed by atoms with Gasteiger partial charge in [0, 0.05) is 30.3 Å². The summed E-state index contributed by atoms with van der Waals surface area (Å²) in [6.07, 6.45) is 2.00. The summed E-state index contributed by atoms with van der Waals surface area (Å²) in [5.41, 5.74) is 0.904. The van der Waals surface area contributed by atoms with Gasteiger partial charge in [-0.15, -0.1) is 0 Å². The maximum Gasteiger partial charge on any atom is 0.272 e. The third-order valence-corrected chi connectivity index (χ3v) is 12.8. The first-order chi connectivity index (χ1) is 18.2. The zero-order valence-corrected chi connectivity index (χ0v) is 24.8. The highest BCUT2D eigenvalue weighted by Crippen LogP contribution is 2.37. The fraction of sp³-hybridized carbons (Fsp3) is 0.379. The van der Waals surface area contributed by atoms with Gasteiger partial charge in [-0.1, -0.05) is 50.6 Å². The fourth-order valence-corrected chi connectivity index (χ4v) is 5.81. The number of hydrogen-bond acceptors (Lipinski definition) is 3. The van der Waals surface area contributed by atoms with Crippen molar-refractivity contribution in [2.45, 2.75) is 58.3 Å². The lowest BCUT2D eigenvalue weighted by molar-refractivity contribution is 0.0674. The second kappa shape index (κ2) is 10.9. The summed E-state index contributed by atoms with van der Waals surface area (Å²) in [5, 5.41) is 1.33. The van der Waals surface area contributed by atoms with Crippen LogP contribution in [0, 0.1) is 11.6 Å². The quantitative estimate of drug-likeness (QED) is 0.169. The Kier molecular flexibility index (Phi) is 8.07. The molecule has 2 aromatic heterocycles. The lowest BCUT2D eigenvalue weighted by atomic mass is 10.0. The molecule has 4 rings (SSSR count). The molecule has 0 radical (unpaired) electrons. The zero-order chi connectivity index (χ0) is 28.7.